The normalized spacial score (nSPS) is 12.4. The third-order valence-corrected chi connectivity index (χ3v) is 3.32. The molecule has 1 unspecified atom stereocenters. The Morgan fingerprint density at radius 3 is 3.00 bits per heavy atom. The van der Waals surface area contributed by atoms with E-state index in [-0.39, 0.29) is 11.9 Å². The first kappa shape index (κ1) is 14.2. The number of hydrogen-bond donors (Lipinski definition) is 2. The van der Waals surface area contributed by atoms with E-state index in [1.54, 1.807) is 11.3 Å². The molecule has 3 nitrogen and oxygen atoms in total. The lowest BCUT2D eigenvalue weighted by Gasteiger charge is -2.12. The summed E-state index contributed by atoms with van der Waals surface area (Å²) in [4.78, 5) is 11.5. The summed E-state index contributed by atoms with van der Waals surface area (Å²) in [6.45, 7) is 5.44. The Hall–Kier alpha value is -0.870. The Morgan fingerprint density at radius 2 is 2.35 bits per heavy atom. The van der Waals surface area contributed by atoms with Gasteiger partial charge >= 0.3 is 0 Å². The second-order valence-corrected chi connectivity index (χ2v) is 5.10. The van der Waals surface area contributed by atoms with Gasteiger partial charge in [-0.2, -0.15) is 11.3 Å². The smallest absolute Gasteiger partial charge is 0.234 e. The van der Waals surface area contributed by atoms with Crippen molar-refractivity contribution in [2.45, 2.75) is 39.2 Å². The third-order valence-electron chi connectivity index (χ3n) is 2.59. The molecule has 0 aliphatic heterocycles. The van der Waals surface area contributed by atoms with Gasteiger partial charge in [0, 0.05) is 6.04 Å². The lowest BCUT2D eigenvalue weighted by molar-refractivity contribution is -0.120. The van der Waals surface area contributed by atoms with Crippen LogP contribution in [0.15, 0.2) is 16.8 Å². The molecular weight excluding hydrogens is 232 g/mol. The SMILES string of the molecule is CCCC(C)NC(=O)CNCCc1ccsc1. The summed E-state index contributed by atoms with van der Waals surface area (Å²) in [7, 11) is 0. The van der Waals surface area contributed by atoms with E-state index in [0.29, 0.717) is 6.54 Å². The summed E-state index contributed by atoms with van der Waals surface area (Å²) in [6, 6.07) is 2.40. The van der Waals surface area contributed by atoms with Gasteiger partial charge in [-0.05, 0) is 48.7 Å². The van der Waals surface area contributed by atoms with Gasteiger partial charge in [0.25, 0.3) is 0 Å². The van der Waals surface area contributed by atoms with Crippen molar-refractivity contribution in [3.05, 3.63) is 22.4 Å². The highest BCUT2D eigenvalue weighted by atomic mass is 32.1. The molecular formula is C13H22N2OS. The number of amides is 1. The van der Waals surface area contributed by atoms with Crippen LogP contribution < -0.4 is 10.6 Å². The quantitative estimate of drug-likeness (QED) is 0.698. The molecule has 96 valence electrons. The zero-order valence-corrected chi connectivity index (χ0v) is 11.5. The number of nitrogens with one attached hydrogen (secondary N) is 2. The maximum absolute atomic E-state index is 11.5. The largest absolute Gasteiger partial charge is 0.353 e. The molecule has 1 aromatic heterocycles. The monoisotopic (exact) mass is 254 g/mol. The fraction of sp³-hybridized carbons (Fsp3) is 0.615. The summed E-state index contributed by atoms with van der Waals surface area (Å²) in [5.41, 5.74) is 1.34. The molecule has 0 radical (unpaired) electrons. The van der Waals surface area contributed by atoms with Crippen molar-refractivity contribution in [3.63, 3.8) is 0 Å². The van der Waals surface area contributed by atoms with Crippen LogP contribution in [0.4, 0.5) is 0 Å². The molecule has 0 aromatic carbocycles. The van der Waals surface area contributed by atoms with Crippen molar-refractivity contribution in [2.75, 3.05) is 13.1 Å². The van der Waals surface area contributed by atoms with Crippen molar-refractivity contribution in [1.82, 2.24) is 10.6 Å². The third kappa shape index (κ3) is 6.44. The summed E-state index contributed by atoms with van der Waals surface area (Å²) in [6.07, 6.45) is 3.13. The van der Waals surface area contributed by atoms with E-state index in [1.807, 2.05) is 6.92 Å². The van der Waals surface area contributed by atoms with Gasteiger partial charge in [0.1, 0.15) is 0 Å². The average molecular weight is 254 g/mol. The van der Waals surface area contributed by atoms with Crippen LogP contribution in [0.25, 0.3) is 0 Å². The van der Waals surface area contributed by atoms with Gasteiger partial charge in [-0.1, -0.05) is 13.3 Å². The number of hydrogen-bond acceptors (Lipinski definition) is 3. The molecule has 1 rings (SSSR count). The predicted molar refractivity (Wildman–Crippen MR) is 73.4 cm³/mol. The summed E-state index contributed by atoms with van der Waals surface area (Å²) >= 11 is 1.71. The summed E-state index contributed by atoms with van der Waals surface area (Å²) < 4.78 is 0. The van der Waals surface area contributed by atoms with Crippen LogP contribution in [0.3, 0.4) is 0 Å². The van der Waals surface area contributed by atoms with Crippen LogP contribution >= 0.6 is 11.3 Å². The molecule has 0 spiro atoms. The zero-order valence-electron chi connectivity index (χ0n) is 10.7. The Kier molecular flexibility index (Phi) is 6.89. The number of carbonyl (C=O) groups excluding carboxylic acids is 1. The molecule has 2 N–H and O–H groups in total. The van der Waals surface area contributed by atoms with Gasteiger partial charge in [0.2, 0.25) is 5.91 Å². The molecule has 17 heavy (non-hydrogen) atoms. The van der Waals surface area contributed by atoms with Crippen molar-refractivity contribution in [1.29, 1.82) is 0 Å². The van der Waals surface area contributed by atoms with Crippen molar-refractivity contribution in [2.24, 2.45) is 0 Å². The molecule has 0 saturated carbocycles. The second-order valence-electron chi connectivity index (χ2n) is 4.32. The molecule has 0 aliphatic carbocycles. The Bertz CT molecular complexity index is 311. The van der Waals surface area contributed by atoms with E-state index in [0.717, 1.165) is 25.8 Å². The number of thiophene rings is 1. The lowest BCUT2D eigenvalue weighted by atomic mass is 10.2. The first-order valence-electron chi connectivity index (χ1n) is 6.23. The van der Waals surface area contributed by atoms with Crippen molar-refractivity contribution < 1.29 is 4.79 Å². The molecule has 1 aromatic rings. The Balaban J connectivity index is 2.04. The molecule has 1 heterocycles. The number of carbonyl (C=O) groups is 1. The maximum atomic E-state index is 11.5. The van der Waals surface area contributed by atoms with Crippen molar-refractivity contribution in [3.8, 4) is 0 Å². The predicted octanol–water partition coefficient (Wildman–Crippen LogP) is 2.18. The Morgan fingerprint density at radius 1 is 1.53 bits per heavy atom. The first-order valence-corrected chi connectivity index (χ1v) is 7.17. The highest BCUT2D eigenvalue weighted by Crippen LogP contribution is 2.05. The second kappa shape index (κ2) is 8.25. The van der Waals surface area contributed by atoms with Gasteiger partial charge in [0.15, 0.2) is 0 Å². The molecule has 0 aliphatic rings. The average Bonchev–Trinajstić information content (AvgIpc) is 2.77. The minimum atomic E-state index is 0.0938. The van der Waals surface area contributed by atoms with Crippen LogP contribution in [-0.2, 0) is 11.2 Å². The van der Waals surface area contributed by atoms with E-state index >= 15 is 0 Å². The highest BCUT2D eigenvalue weighted by Gasteiger charge is 2.05. The first-order chi connectivity index (χ1) is 8.22. The maximum Gasteiger partial charge on any atom is 0.234 e. The zero-order chi connectivity index (χ0) is 12.5. The van der Waals surface area contributed by atoms with Crippen LogP contribution in [-0.4, -0.2) is 25.0 Å². The van der Waals surface area contributed by atoms with Gasteiger partial charge in [-0.25, -0.2) is 0 Å². The van der Waals surface area contributed by atoms with Crippen LogP contribution in [0.5, 0.6) is 0 Å². The number of rotatable bonds is 8. The van der Waals surface area contributed by atoms with Gasteiger partial charge in [-0.3, -0.25) is 4.79 Å². The fourth-order valence-electron chi connectivity index (χ4n) is 1.70. The minimum absolute atomic E-state index is 0.0938. The van der Waals surface area contributed by atoms with Crippen LogP contribution in [0, 0.1) is 0 Å². The van der Waals surface area contributed by atoms with E-state index in [2.05, 4.69) is 34.4 Å². The summed E-state index contributed by atoms with van der Waals surface area (Å²) in [5.74, 6) is 0.0938. The van der Waals surface area contributed by atoms with Crippen molar-refractivity contribution >= 4 is 17.2 Å². The molecule has 0 saturated heterocycles. The standard InChI is InChI=1S/C13H22N2OS/c1-3-4-11(2)15-13(16)9-14-7-5-12-6-8-17-10-12/h6,8,10-11,14H,3-5,7,9H2,1-2H3,(H,15,16). The van der Waals surface area contributed by atoms with E-state index in [1.165, 1.54) is 5.56 Å². The highest BCUT2D eigenvalue weighted by molar-refractivity contribution is 7.07. The fourth-order valence-corrected chi connectivity index (χ4v) is 2.40. The van der Waals surface area contributed by atoms with Gasteiger partial charge in [0.05, 0.1) is 6.54 Å². The topological polar surface area (TPSA) is 41.1 Å². The van der Waals surface area contributed by atoms with Crippen LogP contribution in [0.1, 0.15) is 32.3 Å². The van der Waals surface area contributed by atoms with E-state index < -0.39 is 0 Å². The molecule has 1 atom stereocenters. The Labute approximate surface area is 108 Å². The molecule has 0 fully saturated rings. The molecule has 4 heteroatoms. The molecule has 0 bridgehead atoms. The van der Waals surface area contributed by atoms with E-state index in [9.17, 15) is 4.79 Å². The lowest BCUT2D eigenvalue weighted by Crippen LogP contribution is -2.39. The van der Waals surface area contributed by atoms with Crippen LogP contribution in [0.2, 0.25) is 0 Å². The van der Waals surface area contributed by atoms with E-state index in [4.69, 9.17) is 0 Å². The molecule has 1 amide bonds. The minimum Gasteiger partial charge on any atom is -0.353 e. The summed E-state index contributed by atoms with van der Waals surface area (Å²) in [5, 5.41) is 10.4. The van der Waals surface area contributed by atoms with Gasteiger partial charge in [-0.15, -0.1) is 0 Å². The van der Waals surface area contributed by atoms with Gasteiger partial charge < -0.3 is 10.6 Å².